The van der Waals surface area contributed by atoms with Crippen molar-refractivity contribution in [2.24, 2.45) is 0 Å². The van der Waals surface area contributed by atoms with E-state index in [1.165, 1.54) is 0 Å². The van der Waals surface area contributed by atoms with Crippen LogP contribution in [-0.2, 0) is 4.79 Å². The molecule has 0 fully saturated rings. The van der Waals surface area contributed by atoms with Crippen molar-refractivity contribution in [1.29, 1.82) is 0 Å². The average molecular weight is 396 g/mol. The van der Waals surface area contributed by atoms with Crippen molar-refractivity contribution in [3.8, 4) is 22.8 Å². The normalized spacial score (nSPS) is 10.9. The Bertz CT molecular complexity index is 983. The fourth-order valence-corrected chi connectivity index (χ4v) is 3.00. The molecule has 0 aliphatic carbocycles. The second kappa shape index (κ2) is 9.32. The van der Waals surface area contributed by atoms with Crippen molar-refractivity contribution in [3.63, 3.8) is 0 Å². The number of carbonyl (C=O) groups is 1. The lowest BCUT2D eigenvalue weighted by atomic mass is 10.1. The molecule has 7 nitrogen and oxygen atoms in total. The first-order valence-electron chi connectivity index (χ1n) is 9.90. The van der Waals surface area contributed by atoms with Crippen LogP contribution in [0, 0.1) is 0 Å². The Kier molecular flexibility index (Phi) is 6.59. The number of unbranched alkanes of at least 4 members (excludes halogenated alkanes) is 1. The van der Waals surface area contributed by atoms with Gasteiger partial charge >= 0.3 is 0 Å². The van der Waals surface area contributed by atoms with Crippen LogP contribution < -0.4 is 15.2 Å². The number of nitrogens with two attached hydrogens (primary N) is 1. The van der Waals surface area contributed by atoms with Gasteiger partial charge in [0.1, 0.15) is 5.75 Å². The Morgan fingerprint density at radius 1 is 1.21 bits per heavy atom. The predicted molar refractivity (Wildman–Crippen MR) is 114 cm³/mol. The van der Waals surface area contributed by atoms with Gasteiger partial charge < -0.3 is 24.5 Å². The van der Waals surface area contributed by atoms with Crippen LogP contribution in [0.2, 0.25) is 0 Å². The van der Waals surface area contributed by atoms with Gasteiger partial charge in [-0.1, -0.05) is 13.3 Å². The van der Waals surface area contributed by atoms with Gasteiger partial charge in [-0.2, -0.15) is 0 Å². The molecule has 0 saturated heterocycles. The first-order valence-corrected chi connectivity index (χ1v) is 9.90. The Morgan fingerprint density at radius 2 is 2.03 bits per heavy atom. The molecular weight excluding hydrogens is 368 g/mol. The monoisotopic (exact) mass is 396 g/mol. The summed E-state index contributed by atoms with van der Waals surface area (Å²) >= 11 is 0. The van der Waals surface area contributed by atoms with E-state index in [2.05, 4.69) is 11.9 Å². The Hall–Kier alpha value is -3.22. The summed E-state index contributed by atoms with van der Waals surface area (Å²) in [6.45, 7) is 5.30. The molecule has 0 spiro atoms. The first kappa shape index (κ1) is 20.5. The van der Waals surface area contributed by atoms with Gasteiger partial charge in [0.2, 0.25) is 0 Å². The minimum atomic E-state index is -0.0495. The highest BCUT2D eigenvalue weighted by Gasteiger charge is 2.13. The lowest BCUT2D eigenvalue weighted by molar-refractivity contribution is -0.132. The van der Waals surface area contributed by atoms with E-state index in [1.807, 2.05) is 54.0 Å². The Balaban J connectivity index is 1.79. The van der Waals surface area contributed by atoms with E-state index >= 15 is 0 Å². The van der Waals surface area contributed by atoms with Gasteiger partial charge in [0.25, 0.3) is 5.91 Å². The minimum absolute atomic E-state index is 0.0158. The maximum Gasteiger partial charge on any atom is 0.260 e. The maximum absolute atomic E-state index is 12.3. The lowest BCUT2D eigenvalue weighted by Gasteiger charge is -2.17. The zero-order chi connectivity index (χ0) is 20.8. The number of hydrogen-bond acceptors (Lipinski definition) is 5. The third kappa shape index (κ3) is 4.80. The van der Waals surface area contributed by atoms with Crippen molar-refractivity contribution < 1.29 is 14.3 Å². The zero-order valence-electron chi connectivity index (χ0n) is 17.2. The van der Waals surface area contributed by atoms with Gasteiger partial charge in [0, 0.05) is 31.5 Å². The number of carbonyl (C=O) groups excluding carboxylic acids is 1. The van der Waals surface area contributed by atoms with Crippen LogP contribution in [0.25, 0.3) is 16.9 Å². The number of nitrogen functional groups attached to an aromatic ring is 1. The van der Waals surface area contributed by atoms with Crippen LogP contribution in [0.1, 0.15) is 26.7 Å². The third-order valence-electron chi connectivity index (χ3n) is 4.68. The number of anilines is 1. The number of pyridine rings is 1. The minimum Gasteiger partial charge on any atom is -0.492 e. The molecule has 0 atom stereocenters. The third-order valence-corrected chi connectivity index (χ3v) is 4.68. The molecule has 7 heteroatoms. The highest BCUT2D eigenvalue weighted by atomic mass is 16.5. The molecule has 2 N–H and O–H groups in total. The zero-order valence-corrected chi connectivity index (χ0v) is 17.2. The molecule has 0 aliphatic rings. The smallest absolute Gasteiger partial charge is 0.260 e. The highest BCUT2D eigenvalue weighted by molar-refractivity contribution is 5.78. The topological polar surface area (TPSA) is 82.1 Å². The summed E-state index contributed by atoms with van der Waals surface area (Å²) in [5, 5.41) is 0. The summed E-state index contributed by atoms with van der Waals surface area (Å²) in [5.41, 5.74) is 8.96. The molecule has 0 aliphatic heterocycles. The van der Waals surface area contributed by atoms with E-state index in [4.69, 9.17) is 15.2 Å². The number of ether oxygens (including phenoxy) is 2. The van der Waals surface area contributed by atoms with Crippen molar-refractivity contribution in [1.82, 2.24) is 14.3 Å². The molecule has 0 radical (unpaired) electrons. The van der Waals surface area contributed by atoms with Crippen LogP contribution >= 0.6 is 0 Å². The van der Waals surface area contributed by atoms with Gasteiger partial charge in [-0.25, -0.2) is 4.98 Å². The second-order valence-electron chi connectivity index (χ2n) is 6.87. The largest absolute Gasteiger partial charge is 0.492 e. The maximum atomic E-state index is 12.3. The second-order valence-corrected chi connectivity index (χ2v) is 6.87. The fraction of sp³-hybridized carbons (Fsp3) is 0.364. The van der Waals surface area contributed by atoms with E-state index < -0.39 is 0 Å². The molecule has 0 bridgehead atoms. The van der Waals surface area contributed by atoms with E-state index in [9.17, 15) is 4.79 Å². The van der Waals surface area contributed by atoms with Gasteiger partial charge in [0.15, 0.2) is 18.0 Å². The summed E-state index contributed by atoms with van der Waals surface area (Å²) in [6.07, 6.45) is 5.83. The summed E-state index contributed by atoms with van der Waals surface area (Å²) in [4.78, 5) is 18.6. The number of aromatic nitrogens is 2. The molecule has 3 aromatic rings. The molecule has 1 amide bonds. The molecule has 1 aromatic carbocycles. The van der Waals surface area contributed by atoms with Gasteiger partial charge in [-0.15, -0.1) is 0 Å². The summed E-state index contributed by atoms with van der Waals surface area (Å²) < 4.78 is 13.2. The summed E-state index contributed by atoms with van der Waals surface area (Å²) in [5.74, 6) is 1.18. The van der Waals surface area contributed by atoms with Crippen molar-refractivity contribution in [2.45, 2.75) is 26.7 Å². The van der Waals surface area contributed by atoms with Gasteiger partial charge in [-0.3, -0.25) is 4.79 Å². The predicted octanol–water partition coefficient (Wildman–Crippen LogP) is 3.62. The molecule has 0 unspecified atom stereocenters. The quantitative estimate of drug-likeness (QED) is 0.559. The number of benzene rings is 1. The van der Waals surface area contributed by atoms with E-state index in [0.29, 0.717) is 29.4 Å². The molecule has 0 saturated carbocycles. The summed E-state index contributed by atoms with van der Waals surface area (Å²) in [7, 11) is 1.80. The van der Waals surface area contributed by atoms with Gasteiger partial charge in [0.05, 0.1) is 18.0 Å². The molecule has 3 rings (SSSR count). The van der Waals surface area contributed by atoms with Crippen molar-refractivity contribution in [3.05, 3.63) is 42.7 Å². The molecule has 154 valence electrons. The number of likely N-dealkylation sites (N-methyl/N-ethyl adjacent to an activating group) is 1. The highest BCUT2D eigenvalue weighted by Crippen LogP contribution is 2.30. The number of imidazole rings is 1. The average Bonchev–Trinajstić information content (AvgIpc) is 3.16. The van der Waals surface area contributed by atoms with Crippen molar-refractivity contribution >= 4 is 17.2 Å². The number of nitrogens with zero attached hydrogens (tertiary/aromatic N) is 3. The van der Waals surface area contributed by atoms with Gasteiger partial charge in [-0.05, 0) is 43.7 Å². The van der Waals surface area contributed by atoms with Crippen LogP contribution in [-0.4, -0.2) is 47.0 Å². The Labute approximate surface area is 171 Å². The number of fused-ring (bicyclic) bond motifs is 1. The molecule has 2 heterocycles. The van der Waals surface area contributed by atoms with E-state index in [0.717, 1.165) is 30.6 Å². The SMILES string of the molecule is CCCCN(C)C(=O)COc1cccn2cc(-c3ccc(OCC)c(N)c3)nc12. The van der Waals surface area contributed by atoms with E-state index in [1.54, 1.807) is 11.9 Å². The van der Waals surface area contributed by atoms with Crippen LogP contribution in [0.15, 0.2) is 42.7 Å². The van der Waals surface area contributed by atoms with Crippen LogP contribution in [0.4, 0.5) is 5.69 Å². The standard InChI is InChI=1S/C22H28N4O3/c1-4-6-11-25(3)21(27)15-29-20-8-7-12-26-14-18(24-22(20)26)16-9-10-19(28-5-2)17(23)13-16/h7-10,12-14H,4-6,11,15,23H2,1-3H3. The van der Waals surface area contributed by atoms with Crippen LogP contribution in [0.5, 0.6) is 11.5 Å². The number of amides is 1. The number of rotatable bonds is 9. The molecule has 29 heavy (non-hydrogen) atoms. The number of hydrogen-bond donors (Lipinski definition) is 1. The summed E-state index contributed by atoms with van der Waals surface area (Å²) in [6, 6.07) is 9.30. The van der Waals surface area contributed by atoms with Crippen LogP contribution in [0.3, 0.4) is 0 Å². The lowest BCUT2D eigenvalue weighted by Crippen LogP contribution is -2.32. The van der Waals surface area contributed by atoms with Crippen molar-refractivity contribution in [2.75, 3.05) is 32.5 Å². The molecular formula is C22H28N4O3. The first-order chi connectivity index (χ1) is 14.0. The Morgan fingerprint density at radius 3 is 2.76 bits per heavy atom. The fourth-order valence-electron chi connectivity index (χ4n) is 3.00. The van der Waals surface area contributed by atoms with E-state index in [-0.39, 0.29) is 12.5 Å². The molecule has 2 aromatic heterocycles.